The molecule has 0 fully saturated rings. The molecule has 0 aliphatic rings. The van der Waals surface area contributed by atoms with Crippen LogP contribution < -0.4 is 5.32 Å². The molecular formula is C20H16F2N4OS. The zero-order chi connectivity index (χ0) is 19.8. The van der Waals surface area contributed by atoms with Gasteiger partial charge in [0.2, 0.25) is 5.91 Å². The van der Waals surface area contributed by atoms with Crippen molar-refractivity contribution in [3.8, 4) is 11.3 Å². The van der Waals surface area contributed by atoms with Crippen LogP contribution in [-0.4, -0.2) is 20.4 Å². The maximum atomic E-state index is 13.5. The lowest BCUT2D eigenvalue weighted by atomic mass is 10.1. The number of hydrogen-bond donors (Lipinski definition) is 1. The molecule has 2 aromatic carbocycles. The summed E-state index contributed by atoms with van der Waals surface area (Å²) >= 11 is 1.28. The molecule has 1 atom stereocenters. The van der Waals surface area contributed by atoms with Crippen LogP contribution in [0.15, 0.2) is 48.8 Å². The fraction of sp³-hybridized carbons (Fsp3) is 0.150. The summed E-state index contributed by atoms with van der Waals surface area (Å²) in [7, 11) is 0. The first kappa shape index (κ1) is 18.2. The second-order valence-corrected chi connectivity index (χ2v) is 7.56. The smallest absolute Gasteiger partial charge is 0.248 e. The van der Waals surface area contributed by atoms with Gasteiger partial charge >= 0.3 is 0 Å². The highest BCUT2D eigenvalue weighted by molar-refractivity contribution is 7.16. The Balaban J connectivity index is 1.57. The molecule has 5 nitrogen and oxygen atoms in total. The van der Waals surface area contributed by atoms with Crippen LogP contribution in [0.1, 0.15) is 17.8 Å². The molecule has 1 amide bonds. The molecule has 142 valence electrons. The number of carbonyl (C=O) groups excluding carboxylic acids is 1. The molecule has 2 heterocycles. The Labute approximate surface area is 163 Å². The van der Waals surface area contributed by atoms with E-state index in [4.69, 9.17) is 0 Å². The topological polar surface area (TPSA) is 59.8 Å². The minimum absolute atomic E-state index is 0.242. The molecule has 0 spiro atoms. The predicted octanol–water partition coefficient (Wildman–Crippen LogP) is 4.95. The minimum atomic E-state index is -0.934. The van der Waals surface area contributed by atoms with Gasteiger partial charge in [-0.15, -0.1) is 11.3 Å². The highest BCUT2D eigenvalue weighted by Crippen LogP contribution is 2.31. The van der Waals surface area contributed by atoms with E-state index in [2.05, 4.69) is 15.3 Å². The molecule has 0 unspecified atom stereocenters. The van der Waals surface area contributed by atoms with Gasteiger partial charge in [-0.3, -0.25) is 4.79 Å². The lowest BCUT2D eigenvalue weighted by Gasteiger charge is -2.13. The second kappa shape index (κ2) is 7.12. The van der Waals surface area contributed by atoms with E-state index in [0.717, 1.165) is 28.0 Å². The number of thiazole rings is 1. The average Bonchev–Trinajstić information content (AvgIpc) is 3.27. The molecule has 4 rings (SSSR count). The second-order valence-electron chi connectivity index (χ2n) is 6.36. The van der Waals surface area contributed by atoms with Crippen LogP contribution in [0.25, 0.3) is 22.3 Å². The summed E-state index contributed by atoms with van der Waals surface area (Å²) in [4.78, 5) is 22.2. The van der Waals surface area contributed by atoms with Crippen LogP contribution in [0.5, 0.6) is 0 Å². The van der Waals surface area contributed by atoms with Crippen molar-refractivity contribution in [3.05, 3.63) is 65.3 Å². The van der Waals surface area contributed by atoms with Crippen molar-refractivity contribution < 1.29 is 13.6 Å². The van der Waals surface area contributed by atoms with Crippen LogP contribution in [0.2, 0.25) is 0 Å². The lowest BCUT2D eigenvalue weighted by Crippen LogP contribution is -2.23. The summed E-state index contributed by atoms with van der Waals surface area (Å²) in [6, 6.07) is 10.7. The van der Waals surface area contributed by atoms with Gasteiger partial charge in [-0.25, -0.2) is 18.7 Å². The number of benzene rings is 2. The summed E-state index contributed by atoms with van der Waals surface area (Å²) in [6.45, 7) is 3.59. The van der Waals surface area contributed by atoms with E-state index in [1.54, 1.807) is 17.8 Å². The van der Waals surface area contributed by atoms with E-state index in [1.165, 1.54) is 17.4 Å². The Hall–Kier alpha value is -3.13. The molecule has 0 saturated carbocycles. The number of para-hydroxylation sites is 2. The number of rotatable bonds is 4. The third kappa shape index (κ3) is 3.27. The fourth-order valence-corrected chi connectivity index (χ4v) is 3.82. The van der Waals surface area contributed by atoms with Crippen LogP contribution in [-0.2, 0) is 4.79 Å². The summed E-state index contributed by atoms with van der Waals surface area (Å²) in [5.74, 6) is -2.09. The number of anilines is 1. The summed E-state index contributed by atoms with van der Waals surface area (Å²) in [5, 5.41) is 3.21. The molecule has 1 N–H and O–H groups in total. The van der Waals surface area contributed by atoms with Crippen LogP contribution in [0, 0.1) is 18.6 Å². The van der Waals surface area contributed by atoms with Crippen molar-refractivity contribution in [3.63, 3.8) is 0 Å². The molecule has 8 heteroatoms. The third-order valence-electron chi connectivity index (χ3n) is 4.50. The molecule has 0 saturated heterocycles. The molecular weight excluding hydrogens is 382 g/mol. The van der Waals surface area contributed by atoms with Gasteiger partial charge in [-0.1, -0.05) is 12.1 Å². The van der Waals surface area contributed by atoms with E-state index >= 15 is 0 Å². The fourth-order valence-electron chi connectivity index (χ4n) is 2.98. The quantitative estimate of drug-likeness (QED) is 0.529. The molecule has 0 radical (unpaired) electrons. The zero-order valence-electron chi connectivity index (χ0n) is 15.1. The van der Waals surface area contributed by atoms with Crippen LogP contribution >= 0.6 is 11.3 Å². The Morgan fingerprint density at radius 1 is 1.18 bits per heavy atom. The highest BCUT2D eigenvalue weighted by atomic mass is 32.1. The standard InChI is InChI=1S/C20H16F2N4OS/c1-11(26-10-23-16-5-3-4-6-17(16)26)19(27)25-20-24-18(12(2)28-20)13-7-8-14(21)15(22)9-13/h3-11H,1-2H3,(H,24,25,27)/t11-/m0/s1. The molecule has 2 aromatic heterocycles. The first-order valence-corrected chi connectivity index (χ1v) is 9.41. The zero-order valence-corrected chi connectivity index (χ0v) is 15.9. The maximum absolute atomic E-state index is 13.5. The van der Waals surface area contributed by atoms with E-state index in [1.807, 2.05) is 31.2 Å². The van der Waals surface area contributed by atoms with Crippen molar-refractivity contribution in [1.82, 2.24) is 14.5 Å². The highest BCUT2D eigenvalue weighted by Gasteiger charge is 2.20. The Morgan fingerprint density at radius 3 is 2.75 bits per heavy atom. The molecule has 0 bridgehead atoms. The van der Waals surface area contributed by atoms with Crippen LogP contribution in [0.3, 0.4) is 0 Å². The van der Waals surface area contributed by atoms with E-state index < -0.39 is 17.7 Å². The number of nitrogens with one attached hydrogen (secondary N) is 1. The van der Waals surface area contributed by atoms with Crippen molar-refractivity contribution in [2.75, 3.05) is 5.32 Å². The van der Waals surface area contributed by atoms with Gasteiger partial charge in [0.25, 0.3) is 0 Å². The van der Waals surface area contributed by atoms with Gasteiger partial charge in [-0.2, -0.15) is 0 Å². The van der Waals surface area contributed by atoms with E-state index in [0.29, 0.717) is 16.4 Å². The van der Waals surface area contributed by atoms with E-state index in [-0.39, 0.29) is 5.91 Å². The maximum Gasteiger partial charge on any atom is 0.248 e. The van der Waals surface area contributed by atoms with Gasteiger partial charge in [0.05, 0.1) is 23.1 Å². The predicted molar refractivity (Wildman–Crippen MR) is 105 cm³/mol. The number of halogens is 2. The van der Waals surface area contributed by atoms with Crippen molar-refractivity contribution in [2.24, 2.45) is 0 Å². The van der Waals surface area contributed by atoms with E-state index in [9.17, 15) is 13.6 Å². The lowest BCUT2D eigenvalue weighted by molar-refractivity contribution is -0.118. The molecule has 0 aliphatic heterocycles. The van der Waals surface area contributed by atoms with Crippen molar-refractivity contribution in [2.45, 2.75) is 19.9 Å². The van der Waals surface area contributed by atoms with Gasteiger partial charge < -0.3 is 9.88 Å². The molecule has 28 heavy (non-hydrogen) atoms. The van der Waals surface area contributed by atoms with Crippen molar-refractivity contribution >= 4 is 33.4 Å². The summed E-state index contributed by atoms with van der Waals surface area (Å²) < 4.78 is 28.5. The number of carbonyl (C=O) groups is 1. The largest absolute Gasteiger partial charge is 0.318 e. The molecule has 4 aromatic rings. The SMILES string of the molecule is Cc1sc(NC(=O)[C@H](C)n2cnc3ccccc32)nc1-c1ccc(F)c(F)c1. The third-order valence-corrected chi connectivity index (χ3v) is 5.38. The number of hydrogen-bond acceptors (Lipinski definition) is 4. The number of imidazole rings is 1. The first-order chi connectivity index (χ1) is 13.4. The Morgan fingerprint density at radius 2 is 1.96 bits per heavy atom. The summed E-state index contributed by atoms with van der Waals surface area (Å²) in [6.07, 6.45) is 1.63. The Bertz CT molecular complexity index is 1180. The van der Waals surface area contributed by atoms with Crippen LogP contribution in [0.4, 0.5) is 13.9 Å². The number of aryl methyl sites for hydroxylation is 1. The number of nitrogens with zero attached hydrogens (tertiary/aromatic N) is 3. The van der Waals surface area contributed by atoms with Gasteiger partial charge in [0, 0.05) is 10.4 Å². The van der Waals surface area contributed by atoms with Gasteiger partial charge in [0.1, 0.15) is 6.04 Å². The average molecular weight is 398 g/mol. The van der Waals surface area contributed by atoms with Crippen molar-refractivity contribution in [1.29, 1.82) is 0 Å². The number of aromatic nitrogens is 3. The normalized spacial score (nSPS) is 12.3. The monoisotopic (exact) mass is 398 g/mol. The van der Waals surface area contributed by atoms with Gasteiger partial charge in [-0.05, 0) is 44.2 Å². The summed E-state index contributed by atoms with van der Waals surface area (Å²) in [5.41, 5.74) is 2.65. The Kier molecular flexibility index (Phi) is 4.64. The number of amides is 1. The molecule has 0 aliphatic carbocycles. The minimum Gasteiger partial charge on any atom is -0.318 e. The number of fused-ring (bicyclic) bond motifs is 1. The first-order valence-electron chi connectivity index (χ1n) is 8.59. The van der Waals surface area contributed by atoms with Gasteiger partial charge in [0.15, 0.2) is 16.8 Å².